The third-order valence-electron chi connectivity index (χ3n) is 4.21. The Bertz CT molecular complexity index is 771. The van der Waals surface area contributed by atoms with Crippen LogP contribution in [0.15, 0.2) is 42.5 Å². The van der Waals surface area contributed by atoms with Crippen LogP contribution in [-0.4, -0.2) is 23.3 Å². The molecule has 2 amide bonds. The number of likely N-dealkylation sites (tertiary alicyclic amines) is 1. The summed E-state index contributed by atoms with van der Waals surface area (Å²) in [5, 5.41) is 2.72. The molecule has 0 saturated carbocycles. The topological polar surface area (TPSA) is 49.4 Å². The van der Waals surface area contributed by atoms with E-state index in [-0.39, 0.29) is 17.6 Å². The quantitative estimate of drug-likeness (QED) is 0.935. The van der Waals surface area contributed by atoms with E-state index in [2.05, 4.69) is 5.32 Å². The fourth-order valence-corrected chi connectivity index (χ4v) is 2.78. The maximum Gasteiger partial charge on any atom is 0.255 e. The highest BCUT2D eigenvalue weighted by Gasteiger charge is 2.20. The first-order valence-electron chi connectivity index (χ1n) is 7.97. The molecule has 2 aromatic carbocycles. The number of rotatable bonds is 4. The van der Waals surface area contributed by atoms with Crippen molar-refractivity contribution >= 4 is 17.5 Å². The molecule has 0 bridgehead atoms. The Morgan fingerprint density at radius 1 is 1.21 bits per heavy atom. The van der Waals surface area contributed by atoms with Crippen molar-refractivity contribution in [1.29, 1.82) is 0 Å². The van der Waals surface area contributed by atoms with Crippen molar-refractivity contribution < 1.29 is 14.0 Å². The van der Waals surface area contributed by atoms with E-state index in [0.29, 0.717) is 24.2 Å². The Balaban J connectivity index is 1.67. The summed E-state index contributed by atoms with van der Waals surface area (Å²) < 4.78 is 13.3. The summed E-state index contributed by atoms with van der Waals surface area (Å²) in [4.78, 5) is 25.8. The van der Waals surface area contributed by atoms with Crippen molar-refractivity contribution in [3.8, 4) is 0 Å². The molecule has 0 aromatic heterocycles. The Morgan fingerprint density at radius 2 is 1.96 bits per heavy atom. The summed E-state index contributed by atoms with van der Waals surface area (Å²) >= 11 is 0. The molecule has 3 rings (SSSR count). The van der Waals surface area contributed by atoms with Gasteiger partial charge in [0.1, 0.15) is 5.82 Å². The van der Waals surface area contributed by atoms with Gasteiger partial charge in [0.25, 0.3) is 5.91 Å². The molecule has 1 heterocycles. The van der Waals surface area contributed by atoms with Crippen molar-refractivity contribution in [3.63, 3.8) is 0 Å². The van der Waals surface area contributed by atoms with Crippen molar-refractivity contribution in [2.45, 2.75) is 26.3 Å². The number of hydrogen-bond donors (Lipinski definition) is 1. The third-order valence-corrected chi connectivity index (χ3v) is 4.21. The molecule has 0 radical (unpaired) electrons. The second kappa shape index (κ2) is 6.83. The second-order valence-corrected chi connectivity index (χ2v) is 6.03. The van der Waals surface area contributed by atoms with Gasteiger partial charge in [-0.25, -0.2) is 4.39 Å². The molecular weight excluding hydrogens is 307 g/mol. The second-order valence-electron chi connectivity index (χ2n) is 6.03. The zero-order valence-corrected chi connectivity index (χ0v) is 13.5. The van der Waals surface area contributed by atoms with Crippen LogP contribution in [0.2, 0.25) is 0 Å². The highest BCUT2D eigenvalue weighted by molar-refractivity contribution is 6.04. The van der Waals surface area contributed by atoms with Gasteiger partial charge in [0, 0.05) is 30.8 Å². The predicted octanol–water partition coefficient (Wildman–Crippen LogP) is 3.51. The zero-order valence-electron chi connectivity index (χ0n) is 13.5. The molecule has 0 aliphatic carbocycles. The van der Waals surface area contributed by atoms with E-state index >= 15 is 0 Å². The van der Waals surface area contributed by atoms with Gasteiger partial charge in [-0.2, -0.15) is 0 Å². The number of carbonyl (C=O) groups excluding carboxylic acids is 2. The number of benzene rings is 2. The average molecular weight is 326 g/mol. The lowest BCUT2D eigenvalue weighted by Crippen LogP contribution is -2.23. The standard InChI is InChI=1S/C19H19FN2O2/c1-13-4-9-16(20)11-17(13)21-19(24)15-7-5-14(6-8-15)12-22-10-2-3-18(22)23/h4-9,11H,2-3,10,12H2,1H3,(H,21,24). The van der Waals surface area contributed by atoms with E-state index in [1.54, 1.807) is 18.2 Å². The highest BCUT2D eigenvalue weighted by Crippen LogP contribution is 2.18. The number of aryl methyl sites for hydroxylation is 1. The van der Waals surface area contributed by atoms with Crippen molar-refractivity contribution in [2.24, 2.45) is 0 Å². The zero-order chi connectivity index (χ0) is 17.1. The molecule has 2 aromatic rings. The normalized spacial score (nSPS) is 14.1. The van der Waals surface area contributed by atoms with Gasteiger partial charge in [0.05, 0.1) is 0 Å². The molecule has 0 atom stereocenters. The lowest BCUT2D eigenvalue weighted by molar-refractivity contribution is -0.128. The summed E-state index contributed by atoms with van der Waals surface area (Å²) in [5.41, 5.74) is 2.75. The van der Waals surface area contributed by atoms with Crippen LogP contribution in [0.3, 0.4) is 0 Å². The highest BCUT2D eigenvalue weighted by atomic mass is 19.1. The van der Waals surface area contributed by atoms with E-state index in [0.717, 1.165) is 24.1 Å². The molecule has 0 unspecified atom stereocenters. The molecule has 24 heavy (non-hydrogen) atoms. The van der Waals surface area contributed by atoms with Crippen molar-refractivity contribution in [1.82, 2.24) is 4.90 Å². The van der Waals surface area contributed by atoms with E-state index in [9.17, 15) is 14.0 Å². The van der Waals surface area contributed by atoms with Gasteiger partial charge in [0.15, 0.2) is 0 Å². The molecule has 1 fully saturated rings. The van der Waals surface area contributed by atoms with Crippen LogP contribution < -0.4 is 5.32 Å². The molecule has 124 valence electrons. The number of nitrogens with one attached hydrogen (secondary N) is 1. The van der Waals surface area contributed by atoms with Gasteiger partial charge in [-0.1, -0.05) is 18.2 Å². The minimum absolute atomic E-state index is 0.179. The Morgan fingerprint density at radius 3 is 2.62 bits per heavy atom. The van der Waals surface area contributed by atoms with Gasteiger partial charge in [-0.05, 0) is 48.7 Å². The summed E-state index contributed by atoms with van der Waals surface area (Å²) in [7, 11) is 0. The molecule has 1 aliphatic rings. The Labute approximate surface area is 140 Å². The fourth-order valence-electron chi connectivity index (χ4n) is 2.78. The van der Waals surface area contributed by atoms with Crippen LogP contribution >= 0.6 is 0 Å². The Kier molecular flexibility index (Phi) is 4.60. The summed E-state index contributed by atoms with van der Waals surface area (Å²) in [6.45, 7) is 3.18. The SMILES string of the molecule is Cc1ccc(F)cc1NC(=O)c1ccc(CN2CCCC2=O)cc1. The number of carbonyl (C=O) groups is 2. The molecular formula is C19H19FN2O2. The van der Waals surface area contributed by atoms with Crippen molar-refractivity contribution in [3.05, 3.63) is 65.0 Å². The maximum absolute atomic E-state index is 13.3. The molecule has 5 heteroatoms. The number of hydrogen-bond acceptors (Lipinski definition) is 2. The smallest absolute Gasteiger partial charge is 0.255 e. The van der Waals surface area contributed by atoms with E-state index in [1.165, 1.54) is 12.1 Å². The first-order chi connectivity index (χ1) is 11.5. The molecule has 0 spiro atoms. The number of anilines is 1. The molecule has 4 nitrogen and oxygen atoms in total. The number of amides is 2. The maximum atomic E-state index is 13.3. The summed E-state index contributed by atoms with van der Waals surface area (Å²) in [5.74, 6) is -0.493. The minimum atomic E-state index is -0.387. The van der Waals surface area contributed by atoms with Gasteiger partial charge in [-0.3, -0.25) is 9.59 Å². The van der Waals surface area contributed by atoms with Crippen LogP contribution in [0.25, 0.3) is 0 Å². The Hall–Kier alpha value is -2.69. The van der Waals surface area contributed by atoms with E-state index in [4.69, 9.17) is 0 Å². The first-order valence-corrected chi connectivity index (χ1v) is 7.97. The average Bonchev–Trinajstić information content (AvgIpc) is 2.96. The molecule has 1 aliphatic heterocycles. The minimum Gasteiger partial charge on any atom is -0.338 e. The molecule has 1 N–H and O–H groups in total. The van der Waals surface area contributed by atoms with Gasteiger partial charge in [-0.15, -0.1) is 0 Å². The fraction of sp³-hybridized carbons (Fsp3) is 0.263. The third kappa shape index (κ3) is 3.62. The lowest BCUT2D eigenvalue weighted by atomic mass is 10.1. The van der Waals surface area contributed by atoms with Gasteiger partial charge >= 0.3 is 0 Å². The summed E-state index contributed by atoms with van der Waals surface area (Å²) in [6, 6.07) is 11.4. The first kappa shape index (κ1) is 16.2. The van der Waals surface area contributed by atoms with Crippen LogP contribution in [0.5, 0.6) is 0 Å². The molecule has 1 saturated heterocycles. The van der Waals surface area contributed by atoms with E-state index in [1.807, 2.05) is 24.0 Å². The number of halogens is 1. The monoisotopic (exact) mass is 326 g/mol. The van der Waals surface area contributed by atoms with Crippen molar-refractivity contribution in [2.75, 3.05) is 11.9 Å². The van der Waals surface area contributed by atoms with Crippen LogP contribution in [0.1, 0.15) is 34.3 Å². The van der Waals surface area contributed by atoms with Crippen LogP contribution in [0, 0.1) is 12.7 Å². The number of nitrogens with zero attached hydrogens (tertiary/aromatic N) is 1. The van der Waals surface area contributed by atoms with E-state index < -0.39 is 0 Å². The predicted molar refractivity (Wildman–Crippen MR) is 90.2 cm³/mol. The van der Waals surface area contributed by atoms with Gasteiger partial charge in [0.2, 0.25) is 5.91 Å². The lowest BCUT2D eigenvalue weighted by Gasteiger charge is -2.15. The van der Waals surface area contributed by atoms with Gasteiger partial charge < -0.3 is 10.2 Å². The van der Waals surface area contributed by atoms with Crippen LogP contribution in [-0.2, 0) is 11.3 Å². The summed E-state index contributed by atoms with van der Waals surface area (Å²) in [6.07, 6.45) is 1.53. The van der Waals surface area contributed by atoms with Crippen LogP contribution in [0.4, 0.5) is 10.1 Å². The largest absolute Gasteiger partial charge is 0.338 e.